The Kier molecular flexibility index (Phi) is 6.36. The Bertz CT molecular complexity index is 898. The van der Waals surface area contributed by atoms with E-state index in [9.17, 15) is 14.4 Å². The summed E-state index contributed by atoms with van der Waals surface area (Å²) in [6.07, 6.45) is 0. The van der Waals surface area contributed by atoms with Gasteiger partial charge in [0.05, 0.1) is 22.7 Å². The molecule has 1 aliphatic rings. The zero-order chi connectivity index (χ0) is 20.1. The minimum Gasteiger partial charge on any atom is -0.352 e. The predicted molar refractivity (Wildman–Crippen MR) is 112 cm³/mol. The molecule has 0 atom stereocenters. The number of nitrogens with zero attached hydrogens (tertiary/aromatic N) is 1. The molecule has 2 N–H and O–H groups in total. The molecule has 0 spiro atoms. The van der Waals surface area contributed by atoms with Crippen LogP contribution in [0, 0.1) is 5.92 Å². The minimum absolute atomic E-state index is 0.0989. The smallest absolute Gasteiger partial charge is 0.253 e. The van der Waals surface area contributed by atoms with Crippen molar-refractivity contribution in [2.24, 2.45) is 5.92 Å². The third kappa shape index (κ3) is 4.72. The van der Waals surface area contributed by atoms with E-state index in [4.69, 9.17) is 0 Å². The van der Waals surface area contributed by atoms with Crippen LogP contribution in [0.5, 0.6) is 0 Å². The van der Waals surface area contributed by atoms with E-state index in [0.29, 0.717) is 29.5 Å². The van der Waals surface area contributed by atoms with Gasteiger partial charge in [-0.3, -0.25) is 14.4 Å². The molecule has 1 aliphatic heterocycles. The summed E-state index contributed by atoms with van der Waals surface area (Å²) in [5.74, 6) is -0.0616. The average molecular weight is 398 g/mol. The molecule has 0 saturated heterocycles. The van der Waals surface area contributed by atoms with Crippen LogP contribution in [0.2, 0.25) is 0 Å². The number of carbonyl (C=O) groups excluding carboxylic acids is 3. The number of rotatable bonds is 6. The highest BCUT2D eigenvalue weighted by Crippen LogP contribution is 2.34. The second-order valence-electron chi connectivity index (χ2n) is 6.93. The second kappa shape index (κ2) is 8.93. The SMILES string of the molecule is CC(C)CNC(=O)c1ccccc1NC(=O)CN1C(=O)CSc2ccccc21. The number of para-hydroxylation sites is 2. The fraction of sp³-hybridized carbons (Fsp3) is 0.286. The van der Waals surface area contributed by atoms with Gasteiger partial charge in [-0.15, -0.1) is 11.8 Å². The third-order valence-electron chi connectivity index (χ3n) is 4.23. The summed E-state index contributed by atoms with van der Waals surface area (Å²) >= 11 is 1.47. The Morgan fingerprint density at radius 3 is 2.61 bits per heavy atom. The maximum Gasteiger partial charge on any atom is 0.253 e. The third-order valence-corrected chi connectivity index (χ3v) is 5.27. The maximum atomic E-state index is 12.6. The van der Waals surface area contributed by atoms with Crippen LogP contribution in [-0.2, 0) is 9.59 Å². The molecule has 2 aromatic rings. The Labute approximate surface area is 168 Å². The average Bonchev–Trinajstić information content (AvgIpc) is 2.68. The first-order chi connectivity index (χ1) is 13.5. The van der Waals surface area contributed by atoms with Gasteiger partial charge in [0.25, 0.3) is 5.91 Å². The maximum absolute atomic E-state index is 12.6. The van der Waals surface area contributed by atoms with Crippen molar-refractivity contribution in [2.75, 3.05) is 29.1 Å². The number of fused-ring (bicyclic) bond motifs is 1. The summed E-state index contributed by atoms with van der Waals surface area (Å²) in [5, 5.41) is 5.63. The molecule has 0 radical (unpaired) electrons. The number of nitrogens with one attached hydrogen (secondary N) is 2. The lowest BCUT2D eigenvalue weighted by atomic mass is 10.1. The molecule has 0 saturated carbocycles. The number of anilines is 2. The van der Waals surface area contributed by atoms with Gasteiger partial charge in [-0.05, 0) is 30.2 Å². The van der Waals surface area contributed by atoms with E-state index in [1.165, 1.54) is 16.7 Å². The van der Waals surface area contributed by atoms with Crippen LogP contribution in [0.4, 0.5) is 11.4 Å². The molecule has 1 heterocycles. The molecule has 3 rings (SSSR count). The first-order valence-electron chi connectivity index (χ1n) is 9.15. The predicted octanol–water partition coefficient (Wildman–Crippen LogP) is 3.15. The highest BCUT2D eigenvalue weighted by Gasteiger charge is 2.26. The lowest BCUT2D eigenvalue weighted by Gasteiger charge is -2.28. The Balaban J connectivity index is 1.72. The molecule has 0 unspecified atom stereocenters. The van der Waals surface area contributed by atoms with Crippen molar-refractivity contribution in [3.05, 3.63) is 54.1 Å². The van der Waals surface area contributed by atoms with Crippen LogP contribution in [0.1, 0.15) is 24.2 Å². The molecule has 0 bridgehead atoms. The lowest BCUT2D eigenvalue weighted by Crippen LogP contribution is -2.41. The number of thioether (sulfide) groups is 1. The monoisotopic (exact) mass is 397 g/mol. The van der Waals surface area contributed by atoms with Crippen molar-refractivity contribution in [1.82, 2.24) is 5.32 Å². The largest absolute Gasteiger partial charge is 0.352 e. The Morgan fingerprint density at radius 1 is 1.11 bits per heavy atom. The normalized spacial score (nSPS) is 13.2. The molecule has 0 aliphatic carbocycles. The number of amides is 3. The zero-order valence-electron chi connectivity index (χ0n) is 15.9. The van der Waals surface area contributed by atoms with E-state index in [1.54, 1.807) is 24.3 Å². The molecule has 3 amide bonds. The summed E-state index contributed by atoms with van der Waals surface area (Å²) < 4.78 is 0. The molecule has 2 aromatic carbocycles. The van der Waals surface area contributed by atoms with Gasteiger partial charge in [0.2, 0.25) is 11.8 Å². The van der Waals surface area contributed by atoms with E-state index in [-0.39, 0.29) is 24.3 Å². The summed E-state index contributed by atoms with van der Waals surface area (Å²) in [6.45, 7) is 4.48. The van der Waals surface area contributed by atoms with Gasteiger partial charge < -0.3 is 15.5 Å². The quantitative estimate of drug-likeness (QED) is 0.785. The molecule has 0 aromatic heterocycles. The Morgan fingerprint density at radius 2 is 1.82 bits per heavy atom. The van der Waals surface area contributed by atoms with Gasteiger partial charge in [0.15, 0.2) is 0 Å². The van der Waals surface area contributed by atoms with E-state index in [2.05, 4.69) is 10.6 Å². The molecule has 0 fully saturated rings. The summed E-state index contributed by atoms with van der Waals surface area (Å²) in [5.41, 5.74) is 1.57. The lowest BCUT2D eigenvalue weighted by molar-refractivity contribution is -0.120. The fourth-order valence-electron chi connectivity index (χ4n) is 2.84. The van der Waals surface area contributed by atoms with Crippen molar-refractivity contribution >= 4 is 40.9 Å². The van der Waals surface area contributed by atoms with Gasteiger partial charge in [-0.2, -0.15) is 0 Å². The van der Waals surface area contributed by atoms with Gasteiger partial charge in [-0.1, -0.05) is 38.1 Å². The van der Waals surface area contributed by atoms with Gasteiger partial charge in [0.1, 0.15) is 6.54 Å². The number of hydrogen-bond acceptors (Lipinski definition) is 4. The van der Waals surface area contributed by atoms with E-state index < -0.39 is 0 Å². The second-order valence-corrected chi connectivity index (χ2v) is 7.95. The highest BCUT2D eigenvalue weighted by molar-refractivity contribution is 8.00. The van der Waals surface area contributed by atoms with Gasteiger partial charge in [-0.25, -0.2) is 0 Å². The van der Waals surface area contributed by atoms with Crippen LogP contribution in [-0.4, -0.2) is 36.6 Å². The van der Waals surface area contributed by atoms with Crippen molar-refractivity contribution in [3.63, 3.8) is 0 Å². The summed E-state index contributed by atoms with van der Waals surface area (Å²) in [7, 11) is 0. The van der Waals surface area contributed by atoms with Crippen molar-refractivity contribution in [1.29, 1.82) is 0 Å². The molecule has 28 heavy (non-hydrogen) atoms. The molecule has 7 heteroatoms. The van der Waals surface area contributed by atoms with Crippen molar-refractivity contribution < 1.29 is 14.4 Å². The van der Waals surface area contributed by atoms with Crippen LogP contribution in [0.3, 0.4) is 0 Å². The Hall–Kier alpha value is -2.80. The van der Waals surface area contributed by atoms with Crippen LogP contribution in [0.15, 0.2) is 53.4 Å². The van der Waals surface area contributed by atoms with Gasteiger partial charge >= 0.3 is 0 Å². The van der Waals surface area contributed by atoms with E-state index >= 15 is 0 Å². The minimum atomic E-state index is -0.348. The van der Waals surface area contributed by atoms with Crippen LogP contribution in [0.25, 0.3) is 0 Å². The van der Waals surface area contributed by atoms with Crippen molar-refractivity contribution in [2.45, 2.75) is 18.7 Å². The summed E-state index contributed by atoms with van der Waals surface area (Å²) in [6, 6.07) is 14.4. The molecule has 146 valence electrons. The molecular weight excluding hydrogens is 374 g/mol. The fourth-order valence-corrected chi connectivity index (χ4v) is 3.78. The number of carbonyl (C=O) groups is 3. The number of benzene rings is 2. The topological polar surface area (TPSA) is 78.5 Å². The zero-order valence-corrected chi connectivity index (χ0v) is 16.7. The van der Waals surface area contributed by atoms with E-state index in [1.807, 2.05) is 38.1 Å². The first-order valence-corrected chi connectivity index (χ1v) is 10.1. The molecular formula is C21H23N3O3S. The highest BCUT2D eigenvalue weighted by atomic mass is 32.2. The van der Waals surface area contributed by atoms with Crippen LogP contribution >= 0.6 is 11.8 Å². The standard InChI is InChI=1S/C21H23N3O3S/c1-14(2)11-22-21(27)15-7-3-4-8-16(15)23-19(25)12-24-17-9-5-6-10-18(17)28-13-20(24)26/h3-10,14H,11-13H2,1-2H3,(H,22,27)(H,23,25). The number of hydrogen-bond donors (Lipinski definition) is 2. The van der Waals surface area contributed by atoms with Gasteiger partial charge in [0, 0.05) is 11.4 Å². The summed E-state index contributed by atoms with van der Waals surface area (Å²) in [4.78, 5) is 39.9. The molecule has 6 nitrogen and oxygen atoms in total. The van der Waals surface area contributed by atoms with Crippen molar-refractivity contribution in [3.8, 4) is 0 Å². The van der Waals surface area contributed by atoms with E-state index in [0.717, 1.165) is 10.6 Å². The first kappa shape index (κ1) is 19.9. The van der Waals surface area contributed by atoms with Crippen LogP contribution < -0.4 is 15.5 Å².